The first-order chi connectivity index (χ1) is 9.49. The van der Waals surface area contributed by atoms with Crippen LogP contribution < -0.4 is 10.1 Å². The summed E-state index contributed by atoms with van der Waals surface area (Å²) < 4.78 is 20.0. The Kier molecular flexibility index (Phi) is 5.53. The average molecular weight is 320 g/mol. The molecule has 0 radical (unpaired) electrons. The fraction of sp³-hybridized carbons (Fsp3) is 0.600. The van der Waals surface area contributed by atoms with Gasteiger partial charge in [0.1, 0.15) is 6.10 Å². The molecular formula is C15H20Cl2FNO. The molecule has 0 spiro atoms. The Balaban J connectivity index is 2.16. The van der Waals surface area contributed by atoms with Crippen LogP contribution in [-0.4, -0.2) is 19.2 Å². The van der Waals surface area contributed by atoms with Crippen LogP contribution >= 0.6 is 23.2 Å². The molecule has 1 heterocycles. The second-order valence-corrected chi connectivity index (χ2v) is 6.50. The van der Waals surface area contributed by atoms with Crippen molar-refractivity contribution in [2.75, 3.05) is 13.1 Å². The van der Waals surface area contributed by atoms with Gasteiger partial charge in [-0.1, -0.05) is 37.0 Å². The van der Waals surface area contributed by atoms with E-state index in [9.17, 15) is 4.39 Å². The summed E-state index contributed by atoms with van der Waals surface area (Å²) in [7, 11) is 0. The minimum absolute atomic E-state index is 0.00302. The quantitative estimate of drug-likeness (QED) is 0.805. The molecule has 5 heteroatoms. The van der Waals surface area contributed by atoms with Crippen molar-refractivity contribution >= 4 is 23.2 Å². The number of hydrogen-bond acceptors (Lipinski definition) is 2. The average Bonchev–Trinajstić information content (AvgIpc) is 2.92. The molecule has 1 aliphatic heterocycles. The third-order valence-electron chi connectivity index (χ3n) is 3.61. The summed E-state index contributed by atoms with van der Waals surface area (Å²) in [6, 6.07) is 3.13. The zero-order chi connectivity index (χ0) is 14.7. The zero-order valence-electron chi connectivity index (χ0n) is 11.8. The van der Waals surface area contributed by atoms with E-state index in [-0.39, 0.29) is 21.9 Å². The number of halogens is 3. The van der Waals surface area contributed by atoms with Crippen LogP contribution in [0.2, 0.25) is 10.0 Å². The molecule has 1 N–H and O–H groups in total. The maximum Gasteiger partial charge on any atom is 0.185 e. The number of rotatable bonds is 5. The molecule has 0 aliphatic carbocycles. The summed E-state index contributed by atoms with van der Waals surface area (Å²) in [5.74, 6) is 0.522. The lowest BCUT2D eigenvalue weighted by atomic mass is 9.93. The molecule has 0 amide bonds. The van der Waals surface area contributed by atoms with Crippen molar-refractivity contribution in [3.05, 3.63) is 28.0 Å². The van der Waals surface area contributed by atoms with E-state index in [0.717, 1.165) is 25.9 Å². The van der Waals surface area contributed by atoms with Gasteiger partial charge in [0.2, 0.25) is 0 Å². The van der Waals surface area contributed by atoms with Gasteiger partial charge in [-0.15, -0.1) is 0 Å². The lowest BCUT2D eigenvalue weighted by Crippen LogP contribution is -2.30. The van der Waals surface area contributed by atoms with Crippen LogP contribution in [0, 0.1) is 17.7 Å². The highest BCUT2D eigenvalue weighted by Crippen LogP contribution is 2.33. The summed E-state index contributed by atoms with van der Waals surface area (Å²) in [6.45, 7) is 6.20. The van der Waals surface area contributed by atoms with Gasteiger partial charge < -0.3 is 10.1 Å². The van der Waals surface area contributed by atoms with Crippen molar-refractivity contribution in [3.8, 4) is 5.75 Å². The van der Waals surface area contributed by atoms with Crippen LogP contribution in [0.15, 0.2) is 12.1 Å². The van der Waals surface area contributed by atoms with Gasteiger partial charge >= 0.3 is 0 Å². The Hall–Kier alpha value is -0.510. The van der Waals surface area contributed by atoms with Crippen LogP contribution in [0.3, 0.4) is 0 Å². The maximum absolute atomic E-state index is 14.1. The summed E-state index contributed by atoms with van der Waals surface area (Å²) in [5.41, 5.74) is 0. The first-order valence-corrected chi connectivity index (χ1v) is 7.75. The largest absolute Gasteiger partial charge is 0.487 e. The SMILES string of the molecule is CC(C)C[C@H](Oc1ccc(Cl)c(Cl)c1F)C1CCNC1. The van der Waals surface area contributed by atoms with E-state index in [0.29, 0.717) is 11.8 Å². The van der Waals surface area contributed by atoms with Crippen molar-refractivity contribution in [2.24, 2.45) is 11.8 Å². The lowest BCUT2D eigenvalue weighted by molar-refractivity contribution is 0.114. The molecular weight excluding hydrogens is 300 g/mol. The molecule has 2 atom stereocenters. The highest BCUT2D eigenvalue weighted by molar-refractivity contribution is 6.42. The fourth-order valence-electron chi connectivity index (χ4n) is 2.56. The molecule has 2 rings (SSSR count). The van der Waals surface area contributed by atoms with Crippen LogP contribution in [0.1, 0.15) is 26.7 Å². The summed E-state index contributed by atoms with van der Waals surface area (Å²) in [4.78, 5) is 0. The van der Waals surface area contributed by atoms with Gasteiger partial charge in [-0.05, 0) is 37.4 Å². The normalized spacial score (nSPS) is 20.4. The van der Waals surface area contributed by atoms with Crippen molar-refractivity contribution < 1.29 is 9.13 Å². The predicted octanol–water partition coefficient (Wildman–Crippen LogP) is 4.54. The summed E-state index contributed by atoms with van der Waals surface area (Å²) in [5, 5.41) is 3.46. The number of hydrogen-bond donors (Lipinski definition) is 1. The minimum atomic E-state index is -0.570. The van der Waals surface area contributed by atoms with Gasteiger partial charge in [0, 0.05) is 12.5 Å². The Morgan fingerprint density at radius 1 is 1.40 bits per heavy atom. The van der Waals surface area contributed by atoms with Crippen LogP contribution in [-0.2, 0) is 0 Å². The van der Waals surface area contributed by atoms with E-state index in [1.165, 1.54) is 0 Å². The topological polar surface area (TPSA) is 21.3 Å². The van der Waals surface area contributed by atoms with Crippen molar-refractivity contribution in [2.45, 2.75) is 32.8 Å². The molecule has 20 heavy (non-hydrogen) atoms. The molecule has 0 saturated carbocycles. The predicted molar refractivity (Wildman–Crippen MR) is 81.3 cm³/mol. The zero-order valence-corrected chi connectivity index (χ0v) is 13.3. The highest BCUT2D eigenvalue weighted by atomic mass is 35.5. The fourth-order valence-corrected chi connectivity index (χ4v) is 2.86. The molecule has 1 unspecified atom stereocenters. The summed E-state index contributed by atoms with van der Waals surface area (Å²) in [6.07, 6.45) is 1.95. The molecule has 2 nitrogen and oxygen atoms in total. The van der Waals surface area contributed by atoms with Crippen molar-refractivity contribution in [3.63, 3.8) is 0 Å². The van der Waals surface area contributed by atoms with Crippen LogP contribution in [0.25, 0.3) is 0 Å². The smallest absolute Gasteiger partial charge is 0.185 e. The Bertz CT molecular complexity index is 461. The van der Waals surface area contributed by atoms with Gasteiger partial charge in [-0.3, -0.25) is 0 Å². The first kappa shape index (κ1) is 15.9. The van der Waals surface area contributed by atoms with E-state index < -0.39 is 5.82 Å². The third-order valence-corrected chi connectivity index (χ3v) is 4.39. The van der Waals surface area contributed by atoms with Crippen molar-refractivity contribution in [1.29, 1.82) is 0 Å². The molecule has 0 aromatic heterocycles. The van der Waals surface area contributed by atoms with E-state index in [4.69, 9.17) is 27.9 Å². The van der Waals surface area contributed by atoms with Gasteiger partial charge in [0.05, 0.1) is 10.0 Å². The number of benzene rings is 1. The standard InChI is InChI=1S/C15H20Cl2FNO/c1-9(2)7-13(10-5-6-19-8-10)20-12-4-3-11(16)14(17)15(12)18/h3-4,9-10,13,19H,5-8H2,1-2H3/t10?,13-/m0/s1. The first-order valence-electron chi connectivity index (χ1n) is 7.00. The van der Waals surface area contributed by atoms with Gasteiger partial charge in [-0.2, -0.15) is 0 Å². The molecule has 0 bridgehead atoms. The van der Waals surface area contributed by atoms with Gasteiger partial charge in [0.25, 0.3) is 0 Å². The molecule has 1 aliphatic rings. The van der Waals surface area contributed by atoms with Gasteiger partial charge in [-0.25, -0.2) is 4.39 Å². The Morgan fingerprint density at radius 3 is 2.75 bits per heavy atom. The maximum atomic E-state index is 14.1. The molecule has 1 saturated heterocycles. The monoisotopic (exact) mass is 319 g/mol. The van der Waals surface area contributed by atoms with Crippen molar-refractivity contribution in [1.82, 2.24) is 5.32 Å². The molecule has 1 aromatic carbocycles. The number of ether oxygens (including phenoxy) is 1. The third kappa shape index (κ3) is 3.78. The molecule has 112 valence electrons. The van der Waals surface area contributed by atoms with Crippen LogP contribution in [0.5, 0.6) is 5.75 Å². The number of nitrogens with one attached hydrogen (secondary N) is 1. The van der Waals surface area contributed by atoms with E-state index in [2.05, 4.69) is 19.2 Å². The van der Waals surface area contributed by atoms with Crippen LogP contribution in [0.4, 0.5) is 4.39 Å². The Labute approximate surface area is 129 Å². The second kappa shape index (κ2) is 6.97. The Morgan fingerprint density at radius 2 is 2.15 bits per heavy atom. The van der Waals surface area contributed by atoms with E-state index in [1.54, 1.807) is 12.1 Å². The highest BCUT2D eigenvalue weighted by Gasteiger charge is 2.28. The van der Waals surface area contributed by atoms with E-state index in [1.807, 2.05) is 0 Å². The minimum Gasteiger partial charge on any atom is -0.487 e. The second-order valence-electron chi connectivity index (χ2n) is 5.71. The van der Waals surface area contributed by atoms with Gasteiger partial charge in [0.15, 0.2) is 11.6 Å². The molecule has 1 aromatic rings. The molecule has 1 fully saturated rings. The summed E-state index contributed by atoms with van der Waals surface area (Å²) >= 11 is 11.6. The lowest BCUT2D eigenvalue weighted by Gasteiger charge is -2.26. The van der Waals surface area contributed by atoms with E-state index >= 15 is 0 Å².